The van der Waals surface area contributed by atoms with Gasteiger partial charge in [-0.3, -0.25) is 4.79 Å². The van der Waals surface area contributed by atoms with Crippen LogP contribution in [0.15, 0.2) is 6.07 Å². The molecule has 3 N–H and O–H groups in total. The molecule has 24 heavy (non-hydrogen) atoms. The second kappa shape index (κ2) is 6.62. The summed E-state index contributed by atoms with van der Waals surface area (Å²) >= 11 is 6.20. The Labute approximate surface area is 153 Å². The van der Waals surface area contributed by atoms with Crippen molar-refractivity contribution in [3.05, 3.63) is 22.2 Å². The highest BCUT2D eigenvalue weighted by Gasteiger charge is 2.39. The predicted octanol–water partition coefficient (Wildman–Crippen LogP) is 2.49. The third-order valence-electron chi connectivity index (χ3n) is 5.64. The number of carbonyl (C=O) groups excluding carboxylic acids is 1. The number of rotatable bonds is 2. The van der Waals surface area contributed by atoms with Gasteiger partial charge in [-0.15, -0.1) is 12.4 Å². The van der Waals surface area contributed by atoms with E-state index in [-0.39, 0.29) is 24.4 Å². The molecule has 4 aliphatic rings. The second-order valence-corrected chi connectivity index (χ2v) is 7.38. The van der Waals surface area contributed by atoms with Gasteiger partial charge in [0.15, 0.2) is 0 Å². The Hall–Kier alpha value is -1.17. The zero-order valence-corrected chi connectivity index (χ0v) is 15.3. The van der Waals surface area contributed by atoms with Crippen LogP contribution in [0.25, 0.3) is 0 Å². The highest BCUT2D eigenvalue weighted by Crippen LogP contribution is 2.39. The summed E-state index contributed by atoms with van der Waals surface area (Å²) in [6.45, 7) is 1.62. The van der Waals surface area contributed by atoms with Gasteiger partial charge in [0.1, 0.15) is 5.75 Å². The molecule has 3 fully saturated rings. The first-order chi connectivity index (χ1) is 11.0. The number of piperidine rings is 2. The van der Waals surface area contributed by atoms with Crippen molar-refractivity contribution in [3.8, 4) is 5.75 Å². The summed E-state index contributed by atoms with van der Waals surface area (Å²) in [6.07, 6.45) is 4.16. The van der Waals surface area contributed by atoms with Crippen LogP contribution in [-0.2, 0) is 6.42 Å². The van der Waals surface area contributed by atoms with Crippen molar-refractivity contribution < 1.29 is 9.53 Å². The van der Waals surface area contributed by atoms with Crippen molar-refractivity contribution in [1.29, 1.82) is 0 Å². The first kappa shape index (κ1) is 17.6. The molecular weight excluding hydrogens is 349 g/mol. The molecule has 5 rings (SSSR count). The van der Waals surface area contributed by atoms with E-state index in [1.165, 1.54) is 12.8 Å². The summed E-state index contributed by atoms with van der Waals surface area (Å²) in [5, 5.41) is 3.65. The molecule has 0 aromatic heterocycles. The first-order valence-corrected chi connectivity index (χ1v) is 8.67. The zero-order chi connectivity index (χ0) is 16.1. The van der Waals surface area contributed by atoms with E-state index in [9.17, 15) is 4.79 Å². The van der Waals surface area contributed by atoms with Gasteiger partial charge in [0, 0.05) is 30.6 Å². The van der Waals surface area contributed by atoms with Gasteiger partial charge in [-0.25, -0.2) is 0 Å². The van der Waals surface area contributed by atoms with Crippen LogP contribution in [0.3, 0.4) is 0 Å². The molecule has 1 aromatic rings. The van der Waals surface area contributed by atoms with E-state index in [1.807, 2.05) is 0 Å². The maximum absolute atomic E-state index is 12.8. The lowest BCUT2D eigenvalue weighted by Crippen LogP contribution is -2.57. The summed E-state index contributed by atoms with van der Waals surface area (Å²) in [6, 6.07) is 2.47. The number of ether oxygens (including phenoxy) is 1. The largest absolute Gasteiger partial charge is 0.492 e. The van der Waals surface area contributed by atoms with E-state index in [0.29, 0.717) is 47.0 Å². The minimum absolute atomic E-state index is 0. The molecule has 2 saturated heterocycles. The van der Waals surface area contributed by atoms with E-state index in [1.54, 1.807) is 6.07 Å². The van der Waals surface area contributed by atoms with Gasteiger partial charge >= 0.3 is 0 Å². The van der Waals surface area contributed by atoms with Crippen LogP contribution >= 0.6 is 24.0 Å². The quantitative estimate of drug-likeness (QED) is 0.783. The predicted molar refractivity (Wildman–Crippen MR) is 97.3 cm³/mol. The highest BCUT2D eigenvalue weighted by atomic mass is 35.5. The summed E-state index contributed by atoms with van der Waals surface area (Å²) < 4.78 is 5.65. The number of benzene rings is 1. The van der Waals surface area contributed by atoms with E-state index in [4.69, 9.17) is 22.1 Å². The van der Waals surface area contributed by atoms with Crippen molar-refractivity contribution in [2.75, 3.05) is 25.9 Å². The maximum atomic E-state index is 12.8. The molecule has 7 heteroatoms. The minimum atomic E-state index is -0.0924. The van der Waals surface area contributed by atoms with E-state index in [2.05, 4.69) is 17.3 Å². The van der Waals surface area contributed by atoms with Crippen LogP contribution in [0.2, 0.25) is 5.02 Å². The minimum Gasteiger partial charge on any atom is -0.492 e. The Balaban J connectivity index is 0.00000169. The number of anilines is 1. The van der Waals surface area contributed by atoms with Gasteiger partial charge in [0.05, 0.1) is 22.9 Å². The number of nitrogens with zero attached hydrogens (tertiary/aromatic N) is 1. The van der Waals surface area contributed by atoms with Crippen LogP contribution in [0.4, 0.5) is 5.69 Å². The average Bonchev–Trinajstić information content (AvgIpc) is 3.02. The van der Waals surface area contributed by atoms with Crippen molar-refractivity contribution in [3.63, 3.8) is 0 Å². The lowest BCUT2D eigenvalue weighted by Gasteiger charge is -2.48. The molecular formula is C17H23Cl2N3O2. The molecule has 1 amide bonds. The van der Waals surface area contributed by atoms with Gasteiger partial charge in [0.2, 0.25) is 0 Å². The van der Waals surface area contributed by atoms with Crippen molar-refractivity contribution >= 4 is 35.6 Å². The lowest BCUT2D eigenvalue weighted by atomic mass is 9.76. The van der Waals surface area contributed by atoms with Crippen LogP contribution in [0, 0.1) is 5.92 Å². The Morgan fingerprint density at radius 1 is 1.46 bits per heavy atom. The van der Waals surface area contributed by atoms with Crippen LogP contribution < -0.4 is 15.8 Å². The van der Waals surface area contributed by atoms with Crippen LogP contribution in [0.5, 0.6) is 5.75 Å². The standard InChI is InChI=1S/C17H22ClN3O2.ClH/c1-21-8-9-2-3-10(21)6-14(9)20-17(22)12-7-13(18)15(19)11-4-5-23-16(11)12;/h7,9-10,14H,2-6,8,19H2,1H3,(H,20,22);1H. The molecule has 1 aliphatic carbocycles. The second-order valence-electron chi connectivity index (χ2n) is 6.97. The summed E-state index contributed by atoms with van der Waals surface area (Å²) in [4.78, 5) is 15.2. The summed E-state index contributed by atoms with van der Waals surface area (Å²) in [7, 11) is 2.18. The number of fused-ring (bicyclic) bond motifs is 4. The average molecular weight is 372 g/mol. The summed E-state index contributed by atoms with van der Waals surface area (Å²) in [5.41, 5.74) is 7.93. The Morgan fingerprint density at radius 3 is 2.92 bits per heavy atom. The maximum Gasteiger partial charge on any atom is 0.255 e. The number of carbonyl (C=O) groups is 1. The number of nitrogens with one attached hydrogen (secondary N) is 1. The van der Waals surface area contributed by atoms with Gasteiger partial charge < -0.3 is 20.7 Å². The topological polar surface area (TPSA) is 67.6 Å². The van der Waals surface area contributed by atoms with Crippen molar-refractivity contribution in [2.45, 2.75) is 37.8 Å². The molecule has 1 aromatic carbocycles. The third kappa shape index (κ3) is 2.83. The fraction of sp³-hybridized carbons (Fsp3) is 0.588. The molecule has 3 aliphatic heterocycles. The molecule has 3 atom stereocenters. The molecule has 5 nitrogen and oxygen atoms in total. The number of hydrogen-bond acceptors (Lipinski definition) is 4. The van der Waals surface area contributed by atoms with E-state index < -0.39 is 0 Å². The number of amides is 1. The van der Waals surface area contributed by atoms with Gasteiger partial charge in [-0.05, 0) is 38.3 Å². The van der Waals surface area contributed by atoms with Crippen LogP contribution in [-0.4, -0.2) is 43.1 Å². The monoisotopic (exact) mass is 371 g/mol. The highest BCUT2D eigenvalue weighted by molar-refractivity contribution is 6.33. The van der Waals surface area contributed by atoms with Crippen molar-refractivity contribution in [1.82, 2.24) is 10.2 Å². The fourth-order valence-corrected chi connectivity index (χ4v) is 4.53. The molecule has 1 saturated carbocycles. The normalized spacial score (nSPS) is 28.0. The van der Waals surface area contributed by atoms with Crippen LogP contribution in [0.1, 0.15) is 35.2 Å². The van der Waals surface area contributed by atoms with Crippen molar-refractivity contribution in [2.24, 2.45) is 5.92 Å². The van der Waals surface area contributed by atoms with Gasteiger partial charge in [0.25, 0.3) is 5.91 Å². The Bertz CT molecular complexity index is 668. The molecule has 0 radical (unpaired) electrons. The van der Waals surface area contributed by atoms with Gasteiger partial charge in [-0.1, -0.05) is 11.6 Å². The van der Waals surface area contributed by atoms with E-state index in [0.717, 1.165) is 18.5 Å². The number of nitrogen functional groups attached to an aromatic ring is 1. The number of halogens is 2. The smallest absolute Gasteiger partial charge is 0.255 e. The summed E-state index contributed by atoms with van der Waals surface area (Å²) in [5.74, 6) is 1.06. The number of nitrogens with two attached hydrogens (primary N) is 1. The first-order valence-electron chi connectivity index (χ1n) is 8.29. The molecule has 0 spiro atoms. The SMILES string of the molecule is CN1CC2CCC1CC2NC(=O)c1cc(Cl)c(N)c2c1OCC2.Cl. The molecule has 2 bridgehead atoms. The van der Waals surface area contributed by atoms with Gasteiger partial charge in [-0.2, -0.15) is 0 Å². The molecule has 3 unspecified atom stereocenters. The molecule has 132 valence electrons. The Kier molecular flexibility index (Phi) is 4.87. The number of hydrogen-bond donors (Lipinski definition) is 2. The zero-order valence-electron chi connectivity index (χ0n) is 13.7. The fourth-order valence-electron chi connectivity index (χ4n) is 4.31. The lowest BCUT2D eigenvalue weighted by molar-refractivity contribution is 0.0397. The third-order valence-corrected chi connectivity index (χ3v) is 5.96. The van der Waals surface area contributed by atoms with E-state index >= 15 is 0 Å². The molecule has 3 heterocycles. The Morgan fingerprint density at radius 2 is 2.25 bits per heavy atom.